The first kappa shape index (κ1) is 19.2. The Labute approximate surface area is 139 Å². The van der Waals surface area contributed by atoms with Gasteiger partial charge < -0.3 is 15.0 Å². The van der Waals surface area contributed by atoms with E-state index < -0.39 is 11.8 Å². The molecule has 1 aromatic carbocycles. The highest BCUT2D eigenvalue weighted by Gasteiger charge is 2.23. The predicted molar refractivity (Wildman–Crippen MR) is 90.8 cm³/mol. The minimum atomic E-state index is -0.556. The molecule has 0 aliphatic heterocycles. The second-order valence-electron chi connectivity index (χ2n) is 6.04. The van der Waals surface area contributed by atoms with Crippen molar-refractivity contribution in [3.05, 3.63) is 35.9 Å². The summed E-state index contributed by atoms with van der Waals surface area (Å²) in [5.74, 6) is -1.05. The van der Waals surface area contributed by atoms with E-state index in [1.165, 1.54) is 0 Å². The third-order valence-corrected chi connectivity index (χ3v) is 3.33. The maximum Gasteiger partial charge on any atom is 0.312 e. The average molecular weight is 320 g/mol. The van der Waals surface area contributed by atoms with Gasteiger partial charge in [0.05, 0.1) is 6.10 Å². The molecule has 0 radical (unpaired) electrons. The Morgan fingerprint density at radius 2 is 1.78 bits per heavy atom. The summed E-state index contributed by atoms with van der Waals surface area (Å²) < 4.78 is 5.40. The molecule has 5 nitrogen and oxygen atoms in total. The van der Waals surface area contributed by atoms with E-state index in [0.717, 1.165) is 5.56 Å². The van der Waals surface area contributed by atoms with Crippen molar-refractivity contribution in [1.82, 2.24) is 10.2 Å². The molecule has 0 atom stereocenters. The van der Waals surface area contributed by atoms with Crippen molar-refractivity contribution in [2.45, 2.75) is 52.8 Å². The van der Waals surface area contributed by atoms with Crippen molar-refractivity contribution < 1.29 is 14.3 Å². The van der Waals surface area contributed by atoms with Crippen molar-refractivity contribution in [1.29, 1.82) is 0 Å². The Hall–Kier alpha value is -1.88. The number of nitrogens with one attached hydrogen (secondary N) is 1. The lowest BCUT2D eigenvalue weighted by Gasteiger charge is -2.26. The maximum absolute atomic E-state index is 12.3. The Bertz CT molecular complexity index is 486. The third kappa shape index (κ3) is 7.28. The van der Waals surface area contributed by atoms with Gasteiger partial charge in [0.2, 0.25) is 0 Å². The number of amides is 2. The fourth-order valence-corrected chi connectivity index (χ4v) is 2.07. The van der Waals surface area contributed by atoms with Crippen LogP contribution in [0, 0.1) is 0 Å². The van der Waals surface area contributed by atoms with Gasteiger partial charge >= 0.3 is 11.8 Å². The van der Waals surface area contributed by atoms with Crippen LogP contribution in [-0.4, -0.2) is 42.0 Å². The molecule has 0 saturated heterocycles. The van der Waals surface area contributed by atoms with Crippen LogP contribution < -0.4 is 5.32 Å². The van der Waals surface area contributed by atoms with Gasteiger partial charge in [0.15, 0.2) is 0 Å². The zero-order valence-electron chi connectivity index (χ0n) is 14.5. The van der Waals surface area contributed by atoms with Gasteiger partial charge in [-0.15, -0.1) is 0 Å². The number of rotatable bonds is 8. The molecular weight excluding hydrogens is 292 g/mol. The number of ether oxygens (including phenoxy) is 1. The van der Waals surface area contributed by atoms with Crippen molar-refractivity contribution in [2.75, 3.05) is 13.2 Å². The average Bonchev–Trinajstić information content (AvgIpc) is 2.51. The van der Waals surface area contributed by atoms with E-state index in [-0.39, 0.29) is 12.1 Å². The molecule has 0 spiro atoms. The zero-order valence-corrected chi connectivity index (χ0v) is 14.5. The van der Waals surface area contributed by atoms with E-state index in [1.54, 1.807) is 4.90 Å². The molecule has 2 amide bonds. The van der Waals surface area contributed by atoms with E-state index in [0.29, 0.717) is 26.1 Å². The molecule has 1 aromatic rings. The van der Waals surface area contributed by atoms with Gasteiger partial charge in [0, 0.05) is 25.7 Å². The number of carbonyl (C=O) groups is 2. The quantitative estimate of drug-likeness (QED) is 0.591. The summed E-state index contributed by atoms with van der Waals surface area (Å²) in [6, 6.07) is 9.63. The Kier molecular flexibility index (Phi) is 8.33. The van der Waals surface area contributed by atoms with Gasteiger partial charge in [-0.2, -0.15) is 0 Å². The second-order valence-corrected chi connectivity index (χ2v) is 6.04. The fraction of sp³-hybridized carbons (Fsp3) is 0.556. The zero-order chi connectivity index (χ0) is 17.2. The van der Waals surface area contributed by atoms with Crippen LogP contribution in [0.15, 0.2) is 30.3 Å². The van der Waals surface area contributed by atoms with Crippen LogP contribution in [0.3, 0.4) is 0 Å². The molecule has 5 heteroatoms. The van der Waals surface area contributed by atoms with E-state index in [4.69, 9.17) is 4.74 Å². The molecule has 0 aromatic heterocycles. The van der Waals surface area contributed by atoms with Crippen molar-refractivity contribution in [2.24, 2.45) is 0 Å². The van der Waals surface area contributed by atoms with Crippen LogP contribution in [0.4, 0.5) is 0 Å². The number of benzene rings is 1. The molecule has 0 aliphatic carbocycles. The smallest absolute Gasteiger partial charge is 0.312 e. The Balaban J connectivity index is 2.48. The van der Waals surface area contributed by atoms with Gasteiger partial charge in [-0.25, -0.2) is 0 Å². The lowest BCUT2D eigenvalue weighted by Crippen LogP contribution is -2.46. The monoisotopic (exact) mass is 320 g/mol. The number of hydrogen-bond acceptors (Lipinski definition) is 3. The first-order chi connectivity index (χ1) is 10.9. The van der Waals surface area contributed by atoms with E-state index in [9.17, 15) is 9.59 Å². The van der Waals surface area contributed by atoms with E-state index >= 15 is 0 Å². The molecule has 0 heterocycles. The normalized spacial score (nSPS) is 10.9. The summed E-state index contributed by atoms with van der Waals surface area (Å²) in [5.41, 5.74) is 1.01. The topological polar surface area (TPSA) is 58.6 Å². The first-order valence-electron chi connectivity index (χ1n) is 8.16. The SMILES string of the molecule is CC(C)OCCCNC(=O)C(=O)N(Cc1ccccc1)C(C)C. The molecule has 0 fully saturated rings. The molecule has 0 saturated carbocycles. The minimum absolute atomic E-state index is 0.0438. The van der Waals surface area contributed by atoms with Gasteiger partial charge in [-0.05, 0) is 39.7 Å². The van der Waals surface area contributed by atoms with Crippen molar-refractivity contribution in [3.8, 4) is 0 Å². The van der Waals surface area contributed by atoms with E-state index in [1.807, 2.05) is 58.0 Å². The van der Waals surface area contributed by atoms with Crippen LogP contribution in [0.2, 0.25) is 0 Å². The molecule has 128 valence electrons. The van der Waals surface area contributed by atoms with E-state index in [2.05, 4.69) is 5.32 Å². The van der Waals surface area contributed by atoms with Crippen LogP contribution >= 0.6 is 0 Å². The highest BCUT2D eigenvalue weighted by molar-refractivity contribution is 6.35. The van der Waals surface area contributed by atoms with Crippen LogP contribution in [-0.2, 0) is 20.9 Å². The fourth-order valence-electron chi connectivity index (χ4n) is 2.07. The molecule has 1 rings (SSSR count). The van der Waals surface area contributed by atoms with Crippen molar-refractivity contribution in [3.63, 3.8) is 0 Å². The second kappa shape index (κ2) is 10.0. The predicted octanol–water partition coefficient (Wildman–Crippen LogP) is 2.35. The number of carbonyl (C=O) groups excluding carboxylic acids is 2. The molecule has 23 heavy (non-hydrogen) atoms. The summed E-state index contributed by atoms with van der Waals surface area (Å²) >= 11 is 0. The maximum atomic E-state index is 12.3. The number of hydrogen-bond donors (Lipinski definition) is 1. The summed E-state index contributed by atoms with van der Waals surface area (Å²) in [7, 11) is 0. The van der Waals surface area contributed by atoms with Gasteiger partial charge in [-0.3, -0.25) is 9.59 Å². The summed E-state index contributed by atoms with van der Waals surface area (Å²) in [6.45, 7) is 9.19. The molecule has 0 unspecified atom stereocenters. The van der Waals surface area contributed by atoms with Gasteiger partial charge in [0.1, 0.15) is 0 Å². The summed E-state index contributed by atoms with van der Waals surface area (Å²) in [4.78, 5) is 26.0. The van der Waals surface area contributed by atoms with Gasteiger partial charge in [-0.1, -0.05) is 30.3 Å². The number of nitrogens with zero attached hydrogens (tertiary/aromatic N) is 1. The first-order valence-corrected chi connectivity index (χ1v) is 8.16. The standard InChI is InChI=1S/C18H28N2O3/c1-14(2)20(13-16-9-6-5-7-10-16)18(22)17(21)19-11-8-12-23-15(3)4/h5-7,9-10,14-15H,8,11-13H2,1-4H3,(H,19,21). The molecule has 1 N–H and O–H groups in total. The Morgan fingerprint density at radius 3 is 2.35 bits per heavy atom. The minimum Gasteiger partial charge on any atom is -0.379 e. The summed E-state index contributed by atoms with van der Waals surface area (Å²) in [5, 5.41) is 2.67. The van der Waals surface area contributed by atoms with Gasteiger partial charge in [0.25, 0.3) is 0 Å². The van der Waals surface area contributed by atoms with Crippen LogP contribution in [0.1, 0.15) is 39.7 Å². The Morgan fingerprint density at radius 1 is 1.13 bits per heavy atom. The lowest BCUT2D eigenvalue weighted by atomic mass is 10.2. The van der Waals surface area contributed by atoms with Crippen LogP contribution in [0.5, 0.6) is 0 Å². The highest BCUT2D eigenvalue weighted by Crippen LogP contribution is 2.08. The molecule has 0 bridgehead atoms. The largest absolute Gasteiger partial charge is 0.379 e. The van der Waals surface area contributed by atoms with Crippen LogP contribution in [0.25, 0.3) is 0 Å². The molecular formula is C18H28N2O3. The highest BCUT2D eigenvalue weighted by atomic mass is 16.5. The third-order valence-electron chi connectivity index (χ3n) is 3.33. The lowest BCUT2D eigenvalue weighted by molar-refractivity contribution is -0.147. The molecule has 0 aliphatic rings. The van der Waals surface area contributed by atoms with Crippen molar-refractivity contribution >= 4 is 11.8 Å². The summed E-state index contributed by atoms with van der Waals surface area (Å²) in [6.07, 6.45) is 0.868.